The quantitative estimate of drug-likeness (QED) is 0.492. The van der Waals surface area contributed by atoms with Gasteiger partial charge in [-0.25, -0.2) is 0 Å². The van der Waals surface area contributed by atoms with Crippen LogP contribution in [0.2, 0.25) is 0 Å². The highest BCUT2D eigenvalue weighted by molar-refractivity contribution is 5.00. The maximum Gasteiger partial charge on any atom is 0.00204 e. The van der Waals surface area contributed by atoms with Gasteiger partial charge in [-0.1, -0.05) is 6.92 Å². The number of hydrogen-bond donors (Lipinski definition) is 1. The molecule has 1 aliphatic heterocycles. The number of hydrogen-bond acceptors (Lipinski definition) is 1. The van der Waals surface area contributed by atoms with E-state index in [4.69, 9.17) is 0 Å². The van der Waals surface area contributed by atoms with Gasteiger partial charge in [-0.3, -0.25) is 0 Å². The van der Waals surface area contributed by atoms with Crippen LogP contribution >= 0.6 is 0 Å². The lowest BCUT2D eigenvalue weighted by Gasteiger charge is -2.53. The second-order valence-electron chi connectivity index (χ2n) is 3.62. The summed E-state index contributed by atoms with van der Waals surface area (Å²) >= 11 is 0. The summed E-state index contributed by atoms with van der Waals surface area (Å²) in [6, 6.07) is 0. The molecule has 0 amide bonds. The lowest BCUT2D eigenvalue weighted by molar-refractivity contribution is 0.00946. The molecule has 0 aromatic carbocycles. The van der Waals surface area contributed by atoms with E-state index in [0.717, 1.165) is 11.3 Å². The Hall–Kier alpha value is -0.0400. The molecule has 46 valence electrons. The first-order valence-corrected chi connectivity index (χ1v) is 3.52. The molecule has 1 nitrogen and oxygen atoms in total. The highest BCUT2D eigenvalue weighted by atomic mass is 15.0. The van der Waals surface area contributed by atoms with Gasteiger partial charge in [0.15, 0.2) is 0 Å². The van der Waals surface area contributed by atoms with Crippen molar-refractivity contribution in [2.45, 2.75) is 19.8 Å². The highest BCUT2D eigenvalue weighted by Crippen LogP contribution is 2.47. The van der Waals surface area contributed by atoms with Crippen LogP contribution in [-0.4, -0.2) is 13.1 Å². The molecular formula is C7H13N. The van der Waals surface area contributed by atoms with Crippen LogP contribution in [0.4, 0.5) is 0 Å². The van der Waals surface area contributed by atoms with E-state index < -0.39 is 0 Å². The molecular weight excluding hydrogens is 98.1 g/mol. The van der Waals surface area contributed by atoms with Gasteiger partial charge >= 0.3 is 0 Å². The summed E-state index contributed by atoms with van der Waals surface area (Å²) < 4.78 is 0. The van der Waals surface area contributed by atoms with E-state index >= 15 is 0 Å². The third-order valence-corrected chi connectivity index (χ3v) is 2.56. The first-order valence-electron chi connectivity index (χ1n) is 3.52. The average molecular weight is 111 g/mol. The molecule has 0 unspecified atom stereocenters. The summed E-state index contributed by atoms with van der Waals surface area (Å²) in [6.07, 6.45) is 2.97. The van der Waals surface area contributed by atoms with Gasteiger partial charge in [-0.05, 0) is 24.2 Å². The zero-order chi connectivity index (χ0) is 5.61. The number of rotatable bonds is 0. The molecule has 2 fully saturated rings. The van der Waals surface area contributed by atoms with E-state index in [-0.39, 0.29) is 0 Å². The van der Waals surface area contributed by atoms with Crippen molar-refractivity contribution < 1.29 is 0 Å². The average Bonchev–Trinajstić information content (AvgIpc) is 1.51. The molecule has 2 aliphatic rings. The summed E-state index contributed by atoms with van der Waals surface area (Å²) in [5, 5.41) is 3.32. The van der Waals surface area contributed by atoms with Gasteiger partial charge in [0.1, 0.15) is 0 Å². The molecule has 0 radical (unpaired) electrons. The molecule has 0 atom stereocenters. The fraction of sp³-hybridized carbons (Fsp3) is 1.00. The van der Waals surface area contributed by atoms with E-state index in [9.17, 15) is 0 Å². The van der Waals surface area contributed by atoms with Crippen molar-refractivity contribution in [2.75, 3.05) is 13.1 Å². The predicted octanol–water partition coefficient (Wildman–Crippen LogP) is 1.01. The minimum absolute atomic E-state index is 0.805. The van der Waals surface area contributed by atoms with Gasteiger partial charge in [0.2, 0.25) is 0 Å². The first kappa shape index (κ1) is 4.80. The SMILES string of the molecule is CC1CC2(CNC2)C1. The highest BCUT2D eigenvalue weighted by Gasteiger charge is 2.46. The largest absolute Gasteiger partial charge is 0.316 e. The molecule has 1 heteroatoms. The van der Waals surface area contributed by atoms with Gasteiger partial charge in [0, 0.05) is 13.1 Å². The van der Waals surface area contributed by atoms with Gasteiger partial charge in [0.05, 0.1) is 0 Å². The predicted molar refractivity (Wildman–Crippen MR) is 33.7 cm³/mol. The summed E-state index contributed by atoms with van der Waals surface area (Å²) in [7, 11) is 0. The fourth-order valence-electron chi connectivity index (χ4n) is 2.19. The Morgan fingerprint density at radius 2 is 2.00 bits per heavy atom. The summed E-state index contributed by atoms with van der Waals surface area (Å²) in [5.74, 6) is 1.03. The van der Waals surface area contributed by atoms with E-state index in [1.807, 2.05) is 0 Å². The molecule has 1 saturated heterocycles. The van der Waals surface area contributed by atoms with Crippen LogP contribution in [0.15, 0.2) is 0 Å². The van der Waals surface area contributed by atoms with Crippen LogP contribution < -0.4 is 5.32 Å². The molecule has 1 aliphatic carbocycles. The zero-order valence-electron chi connectivity index (χ0n) is 5.41. The summed E-state index contributed by atoms with van der Waals surface area (Å²) in [4.78, 5) is 0. The van der Waals surface area contributed by atoms with E-state index in [2.05, 4.69) is 12.2 Å². The Balaban J connectivity index is 1.92. The zero-order valence-corrected chi connectivity index (χ0v) is 5.41. The van der Waals surface area contributed by atoms with Crippen molar-refractivity contribution >= 4 is 0 Å². The van der Waals surface area contributed by atoms with Crippen LogP contribution in [0.3, 0.4) is 0 Å². The first-order chi connectivity index (χ1) is 3.81. The Bertz CT molecular complexity index is 97.0. The molecule has 1 spiro atoms. The van der Waals surface area contributed by atoms with E-state index in [0.29, 0.717) is 0 Å². The van der Waals surface area contributed by atoms with Gasteiger partial charge < -0.3 is 5.32 Å². The Morgan fingerprint density at radius 1 is 1.38 bits per heavy atom. The molecule has 0 bridgehead atoms. The van der Waals surface area contributed by atoms with Crippen molar-refractivity contribution in [1.29, 1.82) is 0 Å². The summed E-state index contributed by atoms with van der Waals surface area (Å²) in [5.41, 5.74) is 0.805. The van der Waals surface area contributed by atoms with Crippen molar-refractivity contribution in [1.82, 2.24) is 5.32 Å². The second kappa shape index (κ2) is 1.27. The molecule has 8 heavy (non-hydrogen) atoms. The Morgan fingerprint density at radius 3 is 2.12 bits per heavy atom. The Labute approximate surface area is 50.5 Å². The van der Waals surface area contributed by atoms with Crippen molar-refractivity contribution in [2.24, 2.45) is 11.3 Å². The van der Waals surface area contributed by atoms with Crippen molar-refractivity contribution in [3.05, 3.63) is 0 Å². The molecule has 1 heterocycles. The van der Waals surface area contributed by atoms with Crippen LogP contribution in [0.5, 0.6) is 0 Å². The maximum atomic E-state index is 3.32. The number of nitrogens with one attached hydrogen (secondary N) is 1. The second-order valence-corrected chi connectivity index (χ2v) is 3.62. The molecule has 1 saturated carbocycles. The molecule has 1 N–H and O–H groups in total. The standard InChI is InChI=1S/C7H13N/c1-6-2-7(3-6)4-8-5-7/h6,8H,2-5H2,1H3. The van der Waals surface area contributed by atoms with Gasteiger partial charge in [-0.15, -0.1) is 0 Å². The molecule has 0 aromatic rings. The van der Waals surface area contributed by atoms with Gasteiger partial charge in [0.25, 0.3) is 0 Å². The van der Waals surface area contributed by atoms with Crippen LogP contribution in [0.25, 0.3) is 0 Å². The third kappa shape index (κ3) is 0.455. The fourth-order valence-corrected chi connectivity index (χ4v) is 2.19. The van der Waals surface area contributed by atoms with E-state index in [1.165, 1.54) is 25.9 Å². The summed E-state index contributed by atoms with van der Waals surface area (Å²) in [6.45, 7) is 4.96. The van der Waals surface area contributed by atoms with Crippen molar-refractivity contribution in [3.63, 3.8) is 0 Å². The third-order valence-electron chi connectivity index (χ3n) is 2.56. The topological polar surface area (TPSA) is 12.0 Å². The molecule has 2 rings (SSSR count). The minimum Gasteiger partial charge on any atom is -0.316 e. The lowest BCUT2D eigenvalue weighted by Crippen LogP contribution is -2.59. The van der Waals surface area contributed by atoms with Gasteiger partial charge in [-0.2, -0.15) is 0 Å². The normalized spacial score (nSPS) is 34.1. The smallest absolute Gasteiger partial charge is 0.00204 e. The monoisotopic (exact) mass is 111 g/mol. The van der Waals surface area contributed by atoms with Crippen LogP contribution in [0.1, 0.15) is 19.8 Å². The Kier molecular flexibility index (Phi) is 0.762. The molecule has 0 aromatic heterocycles. The minimum atomic E-state index is 0.805. The lowest BCUT2D eigenvalue weighted by atomic mass is 9.59. The maximum absolute atomic E-state index is 3.32. The van der Waals surface area contributed by atoms with Crippen LogP contribution in [-0.2, 0) is 0 Å². The van der Waals surface area contributed by atoms with Crippen molar-refractivity contribution in [3.8, 4) is 0 Å². The van der Waals surface area contributed by atoms with Crippen LogP contribution in [0, 0.1) is 11.3 Å². The van der Waals surface area contributed by atoms with E-state index in [1.54, 1.807) is 0 Å².